The van der Waals surface area contributed by atoms with E-state index < -0.39 is 0 Å². The lowest BCUT2D eigenvalue weighted by atomic mass is 10.1. The van der Waals surface area contributed by atoms with Gasteiger partial charge in [0.05, 0.1) is 18.8 Å². The molecule has 0 aliphatic rings. The van der Waals surface area contributed by atoms with Crippen LogP contribution in [0.4, 0.5) is 11.6 Å². The van der Waals surface area contributed by atoms with Gasteiger partial charge in [-0.1, -0.05) is 41.9 Å². The number of aromatic nitrogens is 2. The van der Waals surface area contributed by atoms with E-state index >= 15 is 0 Å². The van der Waals surface area contributed by atoms with Crippen LogP contribution in [0.5, 0.6) is 5.75 Å². The highest BCUT2D eigenvalue weighted by Crippen LogP contribution is 2.28. The minimum atomic E-state index is -0.374. The van der Waals surface area contributed by atoms with Crippen molar-refractivity contribution in [3.05, 3.63) is 76.6 Å². The van der Waals surface area contributed by atoms with Crippen molar-refractivity contribution in [2.45, 2.75) is 19.9 Å². The molecule has 0 radical (unpaired) electrons. The van der Waals surface area contributed by atoms with E-state index in [2.05, 4.69) is 20.6 Å². The summed E-state index contributed by atoms with van der Waals surface area (Å²) in [5.41, 5.74) is 2.50. The van der Waals surface area contributed by atoms with Gasteiger partial charge in [0, 0.05) is 10.7 Å². The number of ether oxygens (including phenoxy) is 1. The number of hydrogen-bond acceptors (Lipinski definition) is 5. The maximum Gasteiger partial charge on any atom is 0.274 e. The number of carbonyl (C=O) groups excluding carboxylic acids is 1. The minimum Gasteiger partial charge on any atom is -0.495 e. The molecule has 1 unspecified atom stereocenters. The predicted octanol–water partition coefficient (Wildman–Crippen LogP) is 4.87. The molecular weight excluding hydrogens is 376 g/mol. The Bertz CT molecular complexity index is 979. The lowest BCUT2D eigenvalue weighted by molar-refractivity contribution is 0.102. The van der Waals surface area contributed by atoms with Crippen LogP contribution >= 0.6 is 11.6 Å². The molecule has 2 aromatic carbocycles. The number of carbonyl (C=O) groups is 1. The van der Waals surface area contributed by atoms with Crippen molar-refractivity contribution in [1.82, 2.24) is 9.97 Å². The van der Waals surface area contributed by atoms with Crippen molar-refractivity contribution in [3.63, 3.8) is 0 Å². The Labute approximate surface area is 168 Å². The van der Waals surface area contributed by atoms with E-state index in [1.807, 2.05) is 44.2 Å². The Morgan fingerprint density at radius 3 is 2.57 bits per heavy atom. The number of rotatable bonds is 6. The monoisotopic (exact) mass is 396 g/mol. The maximum absolute atomic E-state index is 12.7. The summed E-state index contributed by atoms with van der Waals surface area (Å²) in [6, 6.07) is 16.6. The molecule has 0 saturated carbocycles. The van der Waals surface area contributed by atoms with E-state index in [9.17, 15) is 4.79 Å². The van der Waals surface area contributed by atoms with E-state index in [0.717, 1.165) is 5.56 Å². The number of hydrogen-bond donors (Lipinski definition) is 2. The molecule has 3 rings (SSSR count). The topological polar surface area (TPSA) is 76.1 Å². The summed E-state index contributed by atoms with van der Waals surface area (Å²) in [5.74, 6) is 0.528. The molecule has 3 aromatic rings. The fourth-order valence-corrected chi connectivity index (χ4v) is 2.90. The molecule has 144 valence electrons. The SMILES string of the molecule is COc1ccc(Cl)cc1NC(=O)c1cc(C)nc(NC(C)c2ccccc2)n1. The summed E-state index contributed by atoms with van der Waals surface area (Å²) in [7, 11) is 1.53. The van der Waals surface area contributed by atoms with E-state index in [1.165, 1.54) is 7.11 Å². The Morgan fingerprint density at radius 2 is 1.86 bits per heavy atom. The molecular formula is C21H21ClN4O2. The van der Waals surface area contributed by atoms with Crippen molar-refractivity contribution in [2.75, 3.05) is 17.7 Å². The predicted molar refractivity (Wildman–Crippen MR) is 111 cm³/mol. The van der Waals surface area contributed by atoms with Gasteiger partial charge in [0.25, 0.3) is 5.91 Å². The molecule has 0 saturated heterocycles. The number of amides is 1. The Kier molecular flexibility index (Phi) is 6.11. The van der Waals surface area contributed by atoms with Crippen LogP contribution in [-0.2, 0) is 0 Å². The highest BCUT2D eigenvalue weighted by atomic mass is 35.5. The van der Waals surface area contributed by atoms with Crippen LogP contribution < -0.4 is 15.4 Å². The summed E-state index contributed by atoms with van der Waals surface area (Å²) in [6.45, 7) is 3.83. The second kappa shape index (κ2) is 8.71. The smallest absolute Gasteiger partial charge is 0.274 e. The number of aryl methyl sites for hydroxylation is 1. The molecule has 2 N–H and O–H groups in total. The van der Waals surface area contributed by atoms with Gasteiger partial charge in [0.15, 0.2) is 0 Å². The van der Waals surface area contributed by atoms with Crippen molar-refractivity contribution in [1.29, 1.82) is 0 Å². The van der Waals surface area contributed by atoms with Gasteiger partial charge in [0.2, 0.25) is 5.95 Å². The average Bonchev–Trinajstić information content (AvgIpc) is 2.68. The quantitative estimate of drug-likeness (QED) is 0.621. The highest BCUT2D eigenvalue weighted by Gasteiger charge is 2.15. The van der Waals surface area contributed by atoms with Gasteiger partial charge in [-0.05, 0) is 43.7 Å². The first kappa shape index (κ1) is 19.6. The average molecular weight is 397 g/mol. The van der Waals surface area contributed by atoms with Crippen LogP contribution in [0.25, 0.3) is 0 Å². The molecule has 0 aliphatic carbocycles. The summed E-state index contributed by atoms with van der Waals surface area (Å²) in [4.78, 5) is 21.5. The zero-order chi connectivity index (χ0) is 20.1. The summed E-state index contributed by atoms with van der Waals surface area (Å²) in [5, 5.41) is 6.53. The van der Waals surface area contributed by atoms with Gasteiger partial charge >= 0.3 is 0 Å². The maximum atomic E-state index is 12.7. The van der Waals surface area contributed by atoms with Gasteiger partial charge in [-0.25, -0.2) is 9.97 Å². The standard InChI is InChI=1S/C21H21ClN4O2/c1-13-11-18(20(27)25-17-12-16(22)9-10-19(17)28-3)26-21(23-13)24-14(2)15-7-5-4-6-8-15/h4-12,14H,1-3H3,(H,25,27)(H,23,24,26). The molecule has 1 amide bonds. The van der Waals surface area contributed by atoms with E-state index in [0.29, 0.717) is 28.1 Å². The first-order chi connectivity index (χ1) is 13.5. The van der Waals surface area contributed by atoms with Crippen LogP contribution in [0.1, 0.15) is 34.7 Å². The molecule has 0 aliphatic heterocycles. The lowest BCUT2D eigenvalue weighted by Gasteiger charge is -2.15. The van der Waals surface area contributed by atoms with Crippen LogP contribution in [0.15, 0.2) is 54.6 Å². The fourth-order valence-electron chi connectivity index (χ4n) is 2.73. The molecule has 1 aromatic heterocycles. The molecule has 0 bridgehead atoms. The van der Waals surface area contributed by atoms with Gasteiger partial charge in [0.1, 0.15) is 11.4 Å². The molecule has 0 spiro atoms. The van der Waals surface area contributed by atoms with Crippen LogP contribution in [-0.4, -0.2) is 23.0 Å². The first-order valence-corrected chi connectivity index (χ1v) is 9.16. The minimum absolute atomic E-state index is 0.00747. The van der Waals surface area contributed by atoms with Gasteiger partial charge in [-0.15, -0.1) is 0 Å². The lowest BCUT2D eigenvalue weighted by Crippen LogP contribution is -2.17. The van der Waals surface area contributed by atoms with Crippen LogP contribution in [0.2, 0.25) is 5.02 Å². The summed E-state index contributed by atoms with van der Waals surface area (Å²) >= 11 is 6.03. The third-order valence-corrected chi connectivity index (χ3v) is 4.38. The molecule has 1 atom stereocenters. The third-order valence-electron chi connectivity index (χ3n) is 4.14. The fraction of sp³-hybridized carbons (Fsp3) is 0.190. The van der Waals surface area contributed by atoms with Crippen LogP contribution in [0, 0.1) is 6.92 Å². The number of anilines is 2. The number of methoxy groups -OCH3 is 1. The molecule has 6 nitrogen and oxygen atoms in total. The Hall–Kier alpha value is -3.12. The van der Waals surface area contributed by atoms with Gasteiger partial charge in [-0.3, -0.25) is 4.79 Å². The van der Waals surface area contributed by atoms with E-state index in [4.69, 9.17) is 16.3 Å². The largest absolute Gasteiger partial charge is 0.495 e. The van der Waals surface area contributed by atoms with Crippen molar-refractivity contribution in [3.8, 4) is 5.75 Å². The second-order valence-electron chi connectivity index (χ2n) is 6.29. The number of benzene rings is 2. The number of nitrogens with zero attached hydrogens (tertiary/aromatic N) is 2. The Balaban J connectivity index is 1.81. The number of halogens is 1. The zero-order valence-corrected chi connectivity index (χ0v) is 16.6. The van der Waals surface area contributed by atoms with Crippen molar-refractivity contribution < 1.29 is 9.53 Å². The van der Waals surface area contributed by atoms with Crippen molar-refractivity contribution in [2.24, 2.45) is 0 Å². The highest BCUT2D eigenvalue weighted by molar-refractivity contribution is 6.31. The van der Waals surface area contributed by atoms with Crippen molar-refractivity contribution >= 4 is 29.1 Å². The molecule has 0 fully saturated rings. The third kappa shape index (κ3) is 4.78. The van der Waals surface area contributed by atoms with Gasteiger partial charge in [-0.2, -0.15) is 0 Å². The Morgan fingerprint density at radius 1 is 1.11 bits per heavy atom. The van der Waals surface area contributed by atoms with E-state index in [1.54, 1.807) is 24.3 Å². The van der Waals surface area contributed by atoms with Gasteiger partial charge < -0.3 is 15.4 Å². The summed E-state index contributed by atoms with van der Waals surface area (Å²) in [6.07, 6.45) is 0. The molecule has 7 heteroatoms. The molecule has 28 heavy (non-hydrogen) atoms. The zero-order valence-electron chi connectivity index (χ0n) is 15.9. The van der Waals surface area contributed by atoms with E-state index in [-0.39, 0.29) is 17.6 Å². The first-order valence-electron chi connectivity index (χ1n) is 8.78. The molecule has 1 heterocycles. The number of nitrogens with one attached hydrogen (secondary N) is 2. The summed E-state index contributed by atoms with van der Waals surface area (Å²) < 4.78 is 5.27. The normalized spacial score (nSPS) is 11.6. The van der Waals surface area contributed by atoms with Crippen LogP contribution in [0.3, 0.4) is 0 Å². The second-order valence-corrected chi connectivity index (χ2v) is 6.73.